The Morgan fingerprint density at radius 2 is 2.32 bits per heavy atom. The molecule has 1 fully saturated rings. The van der Waals surface area contributed by atoms with Crippen molar-refractivity contribution in [2.75, 3.05) is 13.2 Å². The summed E-state index contributed by atoms with van der Waals surface area (Å²) in [5, 5.41) is 9.63. The Bertz CT molecular complexity index is 639. The SMILES string of the molecule is CC1CCCN(C(=O)c2cccc(-n3ccnc3)c2)C1CO. The summed E-state index contributed by atoms with van der Waals surface area (Å²) in [5.41, 5.74) is 1.56. The molecule has 0 spiro atoms. The molecule has 1 N–H and O–H groups in total. The van der Waals surface area contributed by atoms with Crippen molar-refractivity contribution in [2.45, 2.75) is 25.8 Å². The highest BCUT2D eigenvalue weighted by Crippen LogP contribution is 2.25. The zero-order valence-electron chi connectivity index (χ0n) is 12.7. The number of hydrogen-bond acceptors (Lipinski definition) is 3. The number of amides is 1. The second-order valence-electron chi connectivity index (χ2n) is 5.89. The summed E-state index contributed by atoms with van der Waals surface area (Å²) in [4.78, 5) is 18.7. The monoisotopic (exact) mass is 299 g/mol. The number of aromatic nitrogens is 2. The Morgan fingerprint density at radius 3 is 3.05 bits per heavy atom. The Kier molecular flexibility index (Phi) is 4.24. The number of rotatable bonds is 3. The van der Waals surface area contributed by atoms with Gasteiger partial charge in [0.25, 0.3) is 5.91 Å². The fourth-order valence-electron chi connectivity index (χ4n) is 3.16. The summed E-state index contributed by atoms with van der Waals surface area (Å²) in [6.07, 6.45) is 7.32. The molecule has 2 unspecified atom stereocenters. The number of imidazole rings is 1. The highest BCUT2D eigenvalue weighted by atomic mass is 16.3. The van der Waals surface area contributed by atoms with Gasteiger partial charge in [0.2, 0.25) is 0 Å². The van der Waals surface area contributed by atoms with E-state index in [4.69, 9.17) is 0 Å². The number of piperidine rings is 1. The molecule has 1 amide bonds. The maximum Gasteiger partial charge on any atom is 0.254 e. The molecule has 116 valence electrons. The van der Waals surface area contributed by atoms with Crippen LogP contribution in [-0.2, 0) is 0 Å². The van der Waals surface area contributed by atoms with E-state index in [2.05, 4.69) is 11.9 Å². The van der Waals surface area contributed by atoms with Gasteiger partial charge in [0.15, 0.2) is 0 Å². The van der Waals surface area contributed by atoms with Crippen LogP contribution in [0.4, 0.5) is 0 Å². The van der Waals surface area contributed by atoms with Crippen LogP contribution in [0.2, 0.25) is 0 Å². The van der Waals surface area contributed by atoms with E-state index in [1.807, 2.05) is 39.9 Å². The lowest BCUT2D eigenvalue weighted by molar-refractivity contribution is 0.0358. The number of nitrogens with zero attached hydrogens (tertiary/aromatic N) is 3. The van der Waals surface area contributed by atoms with E-state index in [-0.39, 0.29) is 18.6 Å². The number of hydrogen-bond donors (Lipinski definition) is 1. The molecule has 22 heavy (non-hydrogen) atoms. The van der Waals surface area contributed by atoms with Crippen LogP contribution in [0.15, 0.2) is 43.0 Å². The fraction of sp³-hybridized carbons (Fsp3) is 0.412. The third-order valence-corrected chi connectivity index (χ3v) is 4.46. The average Bonchev–Trinajstić information content (AvgIpc) is 3.08. The van der Waals surface area contributed by atoms with E-state index >= 15 is 0 Å². The predicted molar refractivity (Wildman–Crippen MR) is 83.9 cm³/mol. The van der Waals surface area contributed by atoms with Gasteiger partial charge in [-0.25, -0.2) is 4.98 Å². The van der Waals surface area contributed by atoms with Gasteiger partial charge in [-0.05, 0) is 37.0 Å². The molecule has 2 atom stereocenters. The lowest BCUT2D eigenvalue weighted by atomic mass is 9.90. The predicted octanol–water partition coefficient (Wildman–Crippen LogP) is 2.11. The van der Waals surface area contributed by atoms with Gasteiger partial charge in [-0.15, -0.1) is 0 Å². The highest BCUT2D eigenvalue weighted by molar-refractivity contribution is 5.95. The van der Waals surface area contributed by atoms with Gasteiger partial charge in [-0.3, -0.25) is 4.79 Å². The van der Waals surface area contributed by atoms with Gasteiger partial charge >= 0.3 is 0 Å². The van der Waals surface area contributed by atoms with E-state index in [0.717, 1.165) is 18.5 Å². The Morgan fingerprint density at radius 1 is 1.45 bits per heavy atom. The first kappa shape index (κ1) is 14.8. The van der Waals surface area contributed by atoms with Gasteiger partial charge in [-0.2, -0.15) is 0 Å². The van der Waals surface area contributed by atoms with Gasteiger partial charge in [0, 0.05) is 30.2 Å². The van der Waals surface area contributed by atoms with Crippen LogP contribution in [0, 0.1) is 5.92 Å². The summed E-state index contributed by atoms with van der Waals surface area (Å²) in [5.74, 6) is 0.326. The maximum atomic E-state index is 12.8. The standard InChI is InChI=1S/C17H21N3O2/c1-13-4-3-8-20(16(13)11-21)17(22)14-5-2-6-15(10-14)19-9-7-18-12-19/h2,5-7,9-10,12-13,16,21H,3-4,8,11H2,1H3. The molecule has 2 aromatic rings. The van der Waals surface area contributed by atoms with Crippen molar-refractivity contribution in [3.8, 4) is 5.69 Å². The Balaban J connectivity index is 1.87. The second-order valence-corrected chi connectivity index (χ2v) is 5.89. The van der Waals surface area contributed by atoms with Crippen molar-refractivity contribution in [2.24, 2.45) is 5.92 Å². The van der Waals surface area contributed by atoms with Gasteiger partial charge in [0.1, 0.15) is 0 Å². The van der Waals surface area contributed by atoms with Crippen LogP contribution in [0.1, 0.15) is 30.1 Å². The minimum Gasteiger partial charge on any atom is -0.394 e. The van der Waals surface area contributed by atoms with E-state index in [0.29, 0.717) is 18.0 Å². The molecule has 5 nitrogen and oxygen atoms in total. The Hall–Kier alpha value is -2.14. The zero-order valence-corrected chi connectivity index (χ0v) is 12.7. The van der Waals surface area contributed by atoms with E-state index in [1.54, 1.807) is 12.5 Å². The highest BCUT2D eigenvalue weighted by Gasteiger charge is 2.31. The fourth-order valence-corrected chi connectivity index (χ4v) is 3.16. The van der Waals surface area contributed by atoms with Crippen molar-refractivity contribution in [1.29, 1.82) is 0 Å². The molecule has 0 bridgehead atoms. The molecule has 1 aliphatic rings. The summed E-state index contributed by atoms with van der Waals surface area (Å²) in [7, 11) is 0. The van der Waals surface area contributed by atoms with Gasteiger partial charge in [-0.1, -0.05) is 13.0 Å². The normalized spacial score (nSPS) is 21.8. The van der Waals surface area contributed by atoms with E-state index < -0.39 is 0 Å². The minimum atomic E-state index is -0.0850. The number of aliphatic hydroxyl groups is 1. The second kappa shape index (κ2) is 6.32. The van der Waals surface area contributed by atoms with Crippen LogP contribution < -0.4 is 0 Å². The first-order valence-electron chi connectivity index (χ1n) is 7.71. The molecule has 3 rings (SSSR count). The summed E-state index contributed by atoms with van der Waals surface area (Å²) >= 11 is 0. The molecule has 5 heteroatoms. The third kappa shape index (κ3) is 2.76. The number of likely N-dealkylation sites (tertiary alicyclic amines) is 1. The van der Waals surface area contributed by atoms with Gasteiger partial charge in [0.05, 0.1) is 19.0 Å². The maximum absolute atomic E-state index is 12.8. The number of carbonyl (C=O) groups excluding carboxylic acids is 1. The molecule has 1 aliphatic heterocycles. The molecule has 0 radical (unpaired) electrons. The molecule has 0 saturated carbocycles. The number of aliphatic hydroxyl groups excluding tert-OH is 1. The molecule has 0 aliphatic carbocycles. The molecule has 1 aromatic carbocycles. The molecule has 1 aromatic heterocycles. The van der Waals surface area contributed by atoms with Crippen molar-refractivity contribution in [3.05, 3.63) is 48.5 Å². The van der Waals surface area contributed by atoms with Crippen LogP contribution in [0.5, 0.6) is 0 Å². The molecule has 2 heterocycles. The summed E-state index contributed by atoms with van der Waals surface area (Å²) in [6.45, 7) is 2.83. The first-order valence-corrected chi connectivity index (χ1v) is 7.71. The van der Waals surface area contributed by atoms with Crippen molar-refractivity contribution in [3.63, 3.8) is 0 Å². The van der Waals surface area contributed by atoms with E-state index in [1.165, 1.54) is 0 Å². The number of carbonyl (C=O) groups is 1. The average molecular weight is 299 g/mol. The minimum absolute atomic E-state index is 0.00688. The van der Waals surface area contributed by atoms with Gasteiger partial charge < -0.3 is 14.6 Å². The van der Waals surface area contributed by atoms with Crippen LogP contribution in [-0.4, -0.2) is 44.7 Å². The van der Waals surface area contributed by atoms with Crippen LogP contribution >= 0.6 is 0 Å². The molecular weight excluding hydrogens is 278 g/mol. The van der Waals surface area contributed by atoms with Crippen molar-refractivity contribution < 1.29 is 9.90 Å². The lowest BCUT2D eigenvalue weighted by Gasteiger charge is -2.39. The van der Waals surface area contributed by atoms with Crippen molar-refractivity contribution >= 4 is 5.91 Å². The summed E-state index contributed by atoms with van der Waals surface area (Å²) in [6, 6.07) is 7.44. The summed E-state index contributed by atoms with van der Waals surface area (Å²) < 4.78 is 1.87. The molecule has 1 saturated heterocycles. The largest absolute Gasteiger partial charge is 0.394 e. The quantitative estimate of drug-likeness (QED) is 0.944. The first-order chi connectivity index (χ1) is 10.7. The number of benzene rings is 1. The van der Waals surface area contributed by atoms with Crippen molar-refractivity contribution in [1.82, 2.24) is 14.5 Å². The molecular formula is C17H21N3O2. The Labute approximate surface area is 130 Å². The topological polar surface area (TPSA) is 58.4 Å². The lowest BCUT2D eigenvalue weighted by Crippen LogP contribution is -2.49. The van der Waals surface area contributed by atoms with Crippen LogP contribution in [0.3, 0.4) is 0 Å². The van der Waals surface area contributed by atoms with E-state index in [9.17, 15) is 9.90 Å². The smallest absolute Gasteiger partial charge is 0.254 e. The third-order valence-electron chi connectivity index (χ3n) is 4.46. The zero-order chi connectivity index (χ0) is 15.5. The van der Waals surface area contributed by atoms with Crippen LogP contribution in [0.25, 0.3) is 5.69 Å².